The van der Waals surface area contributed by atoms with Gasteiger partial charge in [-0.1, -0.05) is 0 Å². The van der Waals surface area contributed by atoms with Crippen LogP contribution in [0.25, 0.3) is 0 Å². The Bertz CT molecular complexity index is 285. The number of unbranched alkanes of at least 4 members (excludes halogenated alkanes) is 1. The van der Waals surface area contributed by atoms with Gasteiger partial charge in [-0.25, -0.2) is 0 Å². The van der Waals surface area contributed by atoms with Crippen LogP contribution < -0.4 is 5.32 Å². The molecule has 0 heterocycles. The summed E-state index contributed by atoms with van der Waals surface area (Å²) in [4.78, 5) is 11.7. The molecule has 0 radical (unpaired) electrons. The van der Waals surface area contributed by atoms with Gasteiger partial charge in [-0.2, -0.15) is 13.2 Å². The summed E-state index contributed by atoms with van der Waals surface area (Å²) in [5.74, 6) is -0.319. The molecule has 0 spiro atoms. The van der Waals surface area contributed by atoms with Crippen LogP contribution in [0.3, 0.4) is 0 Å². The molecule has 20 heavy (non-hydrogen) atoms. The van der Waals surface area contributed by atoms with Gasteiger partial charge in [0.2, 0.25) is 0 Å². The van der Waals surface area contributed by atoms with E-state index in [0.717, 1.165) is 0 Å². The second-order valence-corrected chi connectivity index (χ2v) is 4.74. The minimum atomic E-state index is -4.17. The molecule has 0 aliphatic rings. The fraction of sp³-hybridized carbons (Fsp3) is 0.923. The van der Waals surface area contributed by atoms with Crippen molar-refractivity contribution in [3.8, 4) is 0 Å². The van der Waals surface area contributed by atoms with Crippen molar-refractivity contribution in [1.29, 1.82) is 0 Å². The van der Waals surface area contributed by atoms with E-state index in [0.29, 0.717) is 25.9 Å². The lowest BCUT2D eigenvalue weighted by molar-refractivity contribution is -0.151. The van der Waals surface area contributed by atoms with E-state index in [2.05, 4.69) is 5.32 Å². The van der Waals surface area contributed by atoms with Gasteiger partial charge in [0.25, 0.3) is 0 Å². The van der Waals surface area contributed by atoms with Gasteiger partial charge in [0, 0.05) is 6.61 Å². The van der Waals surface area contributed by atoms with E-state index in [1.54, 1.807) is 20.9 Å². The third kappa shape index (κ3) is 8.37. The Kier molecular flexibility index (Phi) is 8.80. The Morgan fingerprint density at radius 1 is 1.15 bits per heavy atom. The number of halogens is 3. The fourth-order valence-electron chi connectivity index (χ4n) is 1.59. The van der Waals surface area contributed by atoms with Crippen LogP contribution in [-0.2, 0) is 14.3 Å². The largest absolute Gasteiger partial charge is 0.465 e. The standard InChI is InChI=1S/C13H24F3NO3/c1-4-20-11(18)12(2,17-3)7-5-6-9-19-10-8-13(14,15)16/h17H,4-10H2,1-3H3. The number of likely N-dealkylation sites (N-methyl/N-ethyl adjacent to an activating group) is 1. The van der Waals surface area contributed by atoms with Crippen molar-refractivity contribution < 1.29 is 27.4 Å². The molecule has 0 fully saturated rings. The number of nitrogens with one attached hydrogen (secondary N) is 1. The summed E-state index contributed by atoms with van der Waals surface area (Å²) >= 11 is 0. The zero-order chi connectivity index (χ0) is 15.6. The molecule has 0 aromatic carbocycles. The van der Waals surface area contributed by atoms with Crippen molar-refractivity contribution in [2.24, 2.45) is 0 Å². The highest BCUT2D eigenvalue weighted by Crippen LogP contribution is 2.19. The van der Waals surface area contributed by atoms with Crippen LogP contribution in [0.1, 0.15) is 39.5 Å². The summed E-state index contributed by atoms with van der Waals surface area (Å²) in [5, 5.41) is 2.92. The third-order valence-corrected chi connectivity index (χ3v) is 3.02. The second-order valence-electron chi connectivity index (χ2n) is 4.74. The molecule has 0 rings (SSSR count). The molecule has 0 aromatic heterocycles. The fourth-order valence-corrected chi connectivity index (χ4v) is 1.59. The van der Waals surface area contributed by atoms with Crippen molar-refractivity contribution in [2.75, 3.05) is 26.9 Å². The Morgan fingerprint density at radius 3 is 2.30 bits per heavy atom. The Hall–Kier alpha value is -0.820. The molecule has 0 aliphatic carbocycles. The van der Waals surface area contributed by atoms with Gasteiger partial charge < -0.3 is 14.8 Å². The first-order valence-electron chi connectivity index (χ1n) is 6.76. The summed E-state index contributed by atoms with van der Waals surface area (Å²) in [6.07, 6.45) is -3.28. The molecule has 0 amide bonds. The van der Waals surface area contributed by atoms with Crippen LogP contribution in [0.5, 0.6) is 0 Å². The number of hydrogen-bond acceptors (Lipinski definition) is 4. The monoisotopic (exact) mass is 299 g/mol. The van der Waals surface area contributed by atoms with E-state index < -0.39 is 18.1 Å². The topological polar surface area (TPSA) is 47.6 Å². The van der Waals surface area contributed by atoms with Crippen LogP contribution in [0, 0.1) is 0 Å². The van der Waals surface area contributed by atoms with Crippen molar-refractivity contribution in [3.63, 3.8) is 0 Å². The molecule has 0 aliphatic heterocycles. The van der Waals surface area contributed by atoms with Crippen LogP contribution in [0.2, 0.25) is 0 Å². The third-order valence-electron chi connectivity index (χ3n) is 3.02. The number of esters is 1. The molecule has 1 N–H and O–H groups in total. The minimum absolute atomic E-state index is 0.263. The Labute approximate surface area is 118 Å². The van der Waals surface area contributed by atoms with E-state index in [1.165, 1.54) is 0 Å². The van der Waals surface area contributed by atoms with E-state index in [-0.39, 0.29) is 19.2 Å². The average molecular weight is 299 g/mol. The summed E-state index contributed by atoms with van der Waals surface area (Å²) in [7, 11) is 1.68. The molecule has 0 bridgehead atoms. The number of alkyl halides is 3. The number of rotatable bonds is 10. The Morgan fingerprint density at radius 2 is 1.80 bits per heavy atom. The maximum Gasteiger partial charge on any atom is 0.391 e. The molecule has 0 saturated heterocycles. The molecule has 0 aromatic rings. The normalized spacial score (nSPS) is 14.9. The Balaban J connectivity index is 3.78. The molecule has 0 saturated carbocycles. The predicted octanol–water partition coefficient (Wildman–Crippen LogP) is 2.67. The van der Waals surface area contributed by atoms with Crippen molar-refractivity contribution in [1.82, 2.24) is 5.32 Å². The molecule has 7 heteroatoms. The quantitative estimate of drug-likeness (QED) is 0.498. The van der Waals surface area contributed by atoms with Gasteiger partial charge in [0.1, 0.15) is 5.54 Å². The lowest BCUT2D eigenvalue weighted by Gasteiger charge is -2.26. The highest BCUT2D eigenvalue weighted by molar-refractivity contribution is 5.80. The highest BCUT2D eigenvalue weighted by Gasteiger charge is 2.32. The van der Waals surface area contributed by atoms with E-state index in [4.69, 9.17) is 9.47 Å². The van der Waals surface area contributed by atoms with Crippen molar-refractivity contribution in [2.45, 2.75) is 51.2 Å². The maximum absolute atomic E-state index is 11.9. The number of carbonyl (C=O) groups excluding carboxylic acids is 1. The highest BCUT2D eigenvalue weighted by atomic mass is 19.4. The minimum Gasteiger partial charge on any atom is -0.465 e. The SMILES string of the molecule is CCOC(=O)C(C)(CCCCOCCC(F)(F)F)NC. The number of ether oxygens (including phenoxy) is 2. The first-order chi connectivity index (χ1) is 9.25. The zero-order valence-corrected chi connectivity index (χ0v) is 12.3. The molecular weight excluding hydrogens is 275 g/mol. The zero-order valence-electron chi connectivity index (χ0n) is 12.3. The molecular formula is C13H24F3NO3. The lowest BCUT2D eigenvalue weighted by atomic mass is 9.95. The number of carbonyl (C=O) groups is 1. The van der Waals surface area contributed by atoms with E-state index >= 15 is 0 Å². The van der Waals surface area contributed by atoms with Gasteiger partial charge in [0.05, 0.1) is 19.6 Å². The average Bonchev–Trinajstić information content (AvgIpc) is 2.36. The van der Waals surface area contributed by atoms with Crippen molar-refractivity contribution in [3.05, 3.63) is 0 Å². The lowest BCUT2D eigenvalue weighted by Crippen LogP contribution is -2.48. The van der Waals surface area contributed by atoms with Gasteiger partial charge in [0.15, 0.2) is 0 Å². The van der Waals surface area contributed by atoms with E-state index in [1.807, 2.05) is 0 Å². The summed E-state index contributed by atoms with van der Waals surface area (Å²) in [6.45, 7) is 3.75. The van der Waals surface area contributed by atoms with E-state index in [9.17, 15) is 18.0 Å². The summed E-state index contributed by atoms with van der Waals surface area (Å²) in [6, 6.07) is 0. The molecule has 1 atom stereocenters. The van der Waals surface area contributed by atoms with Crippen LogP contribution in [0.4, 0.5) is 13.2 Å². The smallest absolute Gasteiger partial charge is 0.391 e. The van der Waals surface area contributed by atoms with Gasteiger partial charge in [-0.3, -0.25) is 4.79 Å². The first kappa shape index (κ1) is 19.2. The van der Waals surface area contributed by atoms with Crippen LogP contribution >= 0.6 is 0 Å². The molecule has 1 unspecified atom stereocenters. The number of hydrogen-bond donors (Lipinski definition) is 1. The first-order valence-corrected chi connectivity index (χ1v) is 6.76. The molecule has 4 nitrogen and oxygen atoms in total. The predicted molar refractivity (Wildman–Crippen MR) is 69.4 cm³/mol. The van der Waals surface area contributed by atoms with Gasteiger partial charge in [-0.15, -0.1) is 0 Å². The van der Waals surface area contributed by atoms with Gasteiger partial charge >= 0.3 is 12.1 Å². The van der Waals surface area contributed by atoms with Crippen LogP contribution in [0.15, 0.2) is 0 Å². The van der Waals surface area contributed by atoms with Crippen LogP contribution in [-0.4, -0.2) is 44.6 Å². The summed E-state index contributed by atoms with van der Waals surface area (Å²) in [5.41, 5.74) is -0.762. The summed E-state index contributed by atoms with van der Waals surface area (Å²) < 4.78 is 45.4. The van der Waals surface area contributed by atoms with Crippen molar-refractivity contribution >= 4 is 5.97 Å². The second kappa shape index (κ2) is 9.18. The van der Waals surface area contributed by atoms with Gasteiger partial charge in [-0.05, 0) is 40.2 Å². The molecule has 120 valence electrons. The maximum atomic E-state index is 11.9.